The molecule has 3 aliphatic rings. The molecule has 2 aromatic carbocycles. The van der Waals surface area contributed by atoms with E-state index in [9.17, 15) is 14.9 Å². The fraction of sp³-hybridized carbons (Fsp3) is 0.448. The van der Waals surface area contributed by atoms with Crippen molar-refractivity contribution in [1.82, 2.24) is 24.3 Å². The standard InChI is InChI=1S/C29H34N6O5/c36-28(39-21-23-6-8-25(9-7-23)24-4-2-1-3-5-24)33-18-16-32(17-19-33)15-14-31-12-10-29(11-13-31)22-34-20-26(35(37)38)30-27(34)40-29/h1-9,20H,10-19,21-22H2. The number of nitrogens with zero attached hydrogens (tertiary/aromatic N) is 6. The molecule has 1 aromatic heterocycles. The molecular formula is C29H34N6O5. The summed E-state index contributed by atoms with van der Waals surface area (Å²) in [6.45, 7) is 7.66. The Bertz CT molecular complexity index is 1300. The fourth-order valence-corrected chi connectivity index (χ4v) is 5.75. The third-order valence-electron chi connectivity index (χ3n) is 8.23. The van der Waals surface area contributed by atoms with E-state index in [1.807, 2.05) is 30.3 Å². The number of rotatable bonds is 7. The van der Waals surface area contributed by atoms with Gasteiger partial charge in [0.15, 0.2) is 0 Å². The van der Waals surface area contributed by atoms with Crippen molar-refractivity contribution < 1.29 is 19.2 Å². The summed E-state index contributed by atoms with van der Waals surface area (Å²) in [7, 11) is 0. The number of likely N-dealkylation sites (tertiary alicyclic amines) is 1. The van der Waals surface area contributed by atoms with Gasteiger partial charge in [-0.1, -0.05) is 54.6 Å². The van der Waals surface area contributed by atoms with E-state index in [0.717, 1.165) is 63.2 Å². The Labute approximate surface area is 233 Å². The predicted octanol–water partition coefficient (Wildman–Crippen LogP) is 3.64. The molecule has 3 aliphatic heterocycles. The molecular weight excluding hydrogens is 512 g/mol. The first-order chi connectivity index (χ1) is 19.5. The zero-order chi connectivity index (χ0) is 27.5. The zero-order valence-electron chi connectivity index (χ0n) is 22.5. The summed E-state index contributed by atoms with van der Waals surface area (Å²) in [6, 6.07) is 18.7. The number of carbonyl (C=O) groups is 1. The average Bonchev–Trinajstić information content (AvgIpc) is 3.53. The van der Waals surface area contributed by atoms with Gasteiger partial charge in [-0.05, 0) is 21.6 Å². The monoisotopic (exact) mass is 546 g/mol. The molecule has 3 aromatic rings. The van der Waals surface area contributed by atoms with Crippen LogP contribution in [-0.4, -0.2) is 93.2 Å². The fourth-order valence-electron chi connectivity index (χ4n) is 5.75. The van der Waals surface area contributed by atoms with Crippen LogP contribution < -0.4 is 4.74 Å². The number of hydrogen-bond donors (Lipinski definition) is 0. The van der Waals surface area contributed by atoms with Crippen LogP contribution in [0.5, 0.6) is 6.01 Å². The van der Waals surface area contributed by atoms with Gasteiger partial charge in [0.05, 0.1) is 6.54 Å². The first-order valence-electron chi connectivity index (χ1n) is 13.9. The number of piperazine rings is 1. The molecule has 210 valence electrons. The Morgan fingerprint density at radius 1 is 0.925 bits per heavy atom. The lowest BCUT2D eigenvalue weighted by Gasteiger charge is -2.39. The maximum absolute atomic E-state index is 12.6. The van der Waals surface area contributed by atoms with Crippen molar-refractivity contribution in [2.24, 2.45) is 0 Å². The van der Waals surface area contributed by atoms with Crippen molar-refractivity contribution in [3.63, 3.8) is 0 Å². The van der Waals surface area contributed by atoms with Crippen LogP contribution in [0.15, 0.2) is 60.8 Å². The normalized spacial score (nSPS) is 18.9. The SMILES string of the molecule is O=C(OCc1ccc(-c2ccccc2)cc1)N1CCN(CCN2CCC3(CC2)Cn2cc([N+](=O)[O-])nc2O3)CC1. The second kappa shape index (κ2) is 11.3. The molecule has 2 saturated heterocycles. The molecule has 40 heavy (non-hydrogen) atoms. The van der Waals surface area contributed by atoms with Gasteiger partial charge in [-0.15, -0.1) is 0 Å². The van der Waals surface area contributed by atoms with E-state index in [-0.39, 0.29) is 24.1 Å². The van der Waals surface area contributed by atoms with Gasteiger partial charge in [0.25, 0.3) is 0 Å². The molecule has 0 aliphatic carbocycles. The molecule has 0 saturated carbocycles. The van der Waals surface area contributed by atoms with Crippen LogP contribution >= 0.6 is 0 Å². The van der Waals surface area contributed by atoms with E-state index >= 15 is 0 Å². The first kappa shape index (κ1) is 26.3. The zero-order valence-corrected chi connectivity index (χ0v) is 22.5. The third-order valence-corrected chi connectivity index (χ3v) is 8.23. The highest BCUT2D eigenvalue weighted by atomic mass is 16.6. The number of ether oxygens (including phenoxy) is 2. The van der Waals surface area contributed by atoms with Gasteiger partial charge in [-0.2, -0.15) is 0 Å². The second-order valence-electron chi connectivity index (χ2n) is 10.8. The summed E-state index contributed by atoms with van der Waals surface area (Å²) < 4.78 is 13.4. The summed E-state index contributed by atoms with van der Waals surface area (Å²) in [6.07, 6.45) is 2.96. The Kier molecular flexibility index (Phi) is 7.40. The highest BCUT2D eigenvalue weighted by Crippen LogP contribution is 2.37. The molecule has 4 heterocycles. The van der Waals surface area contributed by atoms with Crippen LogP contribution in [0, 0.1) is 10.1 Å². The number of carbonyl (C=O) groups excluding carboxylic acids is 1. The van der Waals surface area contributed by atoms with Gasteiger partial charge in [0.1, 0.15) is 18.4 Å². The number of nitro groups is 1. The lowest BCUT2D eigenvalue weighted by Crippen LogP contribution is -2.52. The molecule has 11 nitrogen and oxygen atoms in total. The van der Waals surface area contributed by atoms with Crippen molar-refractivity contribution in [1.29, 1.82) is 0 Å². The topological polar surface area (TPSA) is 106 Å². The maximum Gasteiger partial charge on any atom is 0.415 e. The molecule has 11 heteroatoms. The van der Waals surface area contributed by atoms with Gasteiger partial charge in [-0.3, -0.25) is 9.47 Å². The highest BCUT2D eigenvalue weighted by Gasteiger charge is 2.45. The van der Waals surface area contributed by atoms with Gasteiger partial charge >= 0.3 is 17.9 Å². The summed E-state index contributed by atoms with van der Waals surface area (Å²) in [5.41, 5.74) is 2.98. The largest absolute Gasteiger partial charge is 0.445 e. The Hall–Kier alpha value is -3.96. The minimum Gasteiger partial charge on any atom is -0.445 e. The van der Waals surface area contributed by atoms with E-state index in [1.54, 1.807) is 9.47 Å². The second-order valence-corrected chi connectivity index (χ2v) is 10.8. The molecule has 1 amide bonds. The van der Waals surface area contributed by atoms with E-state index in [2.05, 4.69) is 39.0 Å². The number of imidazole rings is 1. The molecule has 6 rings (SSSR count). The number of benzene rings is 2. The van der Waals surface area contributed by atoms with Gasteiger partial charge < -0.3 is 29.4 Å². The smallest absolute Gasteiger partial charge is 0.415 e. The average molecular weight is 547 g/mol. The van der Waals surface area contributed by atoms with E-state index in [4.69, 9.17) is 9.47 Å². The summed E-state index contributed by atoms with van der Waals surface area (Å²) in [5.74, 6) is -0.163. The van der Waals surface area contributed by atoms with Crippen molar-refractivity contribution in [2.45, 2.75) is 31.6 Å². The van der Waals surface area contributed by atoms with Crippen LogP contribution in [0.25, 0.3) is 11.1 Å². The molecule has 0 unspecified atom stereocenters. The van der Waals surface area contributed by atoms with E-state index in [0.29, 0.717) is 25.6 Å². The van der Waals surface area contributed by atoms with Gasteiger partial charge in [0.2, 0.25) is 0 Å². The summed E-state index contributed by atoms with van der Waals surface area (Å²) in [4.78, 5) is 33.7. The lowest BCUT2D eigenvalue weighted by molar-refractivity contribution is -0.389. The number of amides is 1. The van der Waals surface area contributed by atoms with Crippen molar-refractivity contribution in [3.8, 4) is 17.1 Å². The van der Waals surface area contributed by atoms with E-state index < -0.39 is 4.92 Å². The van der Waals surface area contributed by atoms with E-state index in [1.165, 1.54) is 11.8 Å². The quantitative estimate of drug-likeness (QED) is 0.327. The molecule has 0 atom stereocenters. The Morgan fingerprint density at radius 3 is 2.23 bits per heavy atom. The number of aromatic nitrogens is 2. The van der Waals surface area contributed by atoms with Gasteiger partial charge in [0, 0.05) is 70.2 Å². The first-order valence-corrected chi connectivity index (χ1v) is 13.9. The minimum absolute atomic E-state index is 0.163. The third kappa shape index (κ3) is 5.80. The van der Waals surface area contributed by atoms with Crippen LogP contribution in [0.3, 0.4) is 0 Å². The highest BCUT2D eigenvalue weighted by molar-refractivity contribution is 5.68. The maximum atomic E-state index is 12.6. The van der Waals surface area contributed by atoms with Crippen LogP contribution in [0.1, 0.15) is 18.4 Å². The van der Waals surface area contributed by atoms with Crippen LogP contribution in [0.4, 0.5) is 10.6 Å². The predicted molar refractivity (Wildman–Crippen MR) is 148 cm³/mol. The van der Waals surface area contributed by atoms with Crippen molar-refractivity contribution in [2.75, 3.05) is 52.4 Å². The van der Waals surface area contributed by atoms with Crippen LogP contribution in [0.2, 0.25) is 0 Å². The van der Waals surface area contributed by atoms with Crippen molar-refractivity contribution in [3.05, 3.63) is 76.5 Å². The molecule has 0 N–H and O–H groups in total. The van der Waals surface area contributed by atoms with Crippen LogP contribution in [-0.2, 0) is 17.9 Å². The van der Waals surface area contributed by atoms with Gasteiger partial charge in [-0.25, -0.2) is 4.79 Å². The number of hydrogen-bond acceptors (Lipinski definition) is 8. The van der Waals surface area contributed by atoms with Crippen molar-refractivity contribution >= 4 is 11.9 Å². The Balaban J connectivity index is 0.882. The lowest BCUT2D eigenvalue weighted by atomic mass is 9.91. The number of piperidine rings is 1. The Morgan fingerprint density at radius 2 is 1.57 bits per heavy atom. The minimum atomic E-state index is -0.487. The summed E-state index contributed by atoms with van der Waals surface area (Å²) >= 11 is 0. The molecule has 0 bridgehead atoms. The number of fused-ring (bicyclic) bond motifs is 1. The molecule has 1 spiro atoms. The summed E-state index contributed by atoms with van der Waals surface area (Å²) in [5, 5.41) is 10.9. The molecule has 2 fully saturated rings. The molecule has 0 radical (unpaired) electrons.